The smallest absolute Gasteiger partial charge is 0.193 e. The topological polar surface area (TPSA) is 34.1 Å². The third kappa shape index (κ3) is 3.79. The molecule has 0 aliphatic carbocycles. The average Bonchev–Trinajstić information content (AvgIpc) is 2.49. The van der Waals surface area contributed by atoms with Crippen LogP contribution in [0, 0.1) is 6.92 Å². The first kappa shape index (κ1) is 15.5. The van der Waals surface area contributed by atoms with E-state index in [0.717, 1.165) is 30.3 Å². The highest BCUT2D eigenvalue weighted by molar-refractivity contribution is 6.30. The third-order valence-corrected chi connectivity index (χ3v) is 3.82. The molecule has 0 aliphatic rings. The Bertz CT molecular complexity index is 645. The Hall–Kier alpha value is -1.93. The second-order valence-electron chi connectivity index (χ2n) is 4.98. The highest BCUT2D eigenvalue weighted by Gasteiger charge is 2.13. The SMILES string of the molecule is Cc1c(CCCC=O)cccc1C(=O)c1ccc(Cl)cc1. The molecule has 0 heterocycles. The van der Waals surface area contributed by atoms with Crippen LogP contribution in [0.2, 0.25) is 5.02 Å². The van der Waals surface area contributed by atoms with Crippen molar-refractivity contribution in [3.05, 3.63) is 69.7 Å². The number of benzene rings is 2. The zero-order chi connectivity index (χ0) is 15.2. The van der Waals surface area contributed by atoms with Gasteiger partial charge in [-0.1, -0.05) is 29.8 Å². The van der Waals surface area contributed by atoms with Gasteiger partial charge in [0.2, 0.25) is 0 Å². The number of hydrogen-bond acceptors (Lipinski definition) is 2. The van der Waals surface area contributed by atoms with Gasteiger partial charge in [0, 0.05) is 22.6 Å². The zero-order valence-corrected chi connectivity index (χ0v) is 12.7. The maximum absolute atomic E-state index is 12.6. The number of carbonyl (C=O) groups is 2. The van der Waals surface area contributed by atoms with E-state index in [9.17, 15) is 9.59 Å². The van der Waals surface area contributed by atoms with Gasteiger partial charge in [0.1, 0.15) is 6.29 Å². The quantitative estimate of drug-likeness (QED) is 0.450. The van der Waals surface area contributed by atoms with Crippen LogP contribution in [0.15, 0.2) is 42.5 Å². The van der Waals surface area contributed by atoms with Gasteiger partial charge in [0.15, 0.2) is 5.78 Å². The minimum atomic E-state index is 0.00130. The number of hydrogen-bond donors (Lipinski definition) is 0. The highest BCUT2D eigenvalue weighted by atomic mass is 35.5. The van der Waals surface area contributed by atoms with Crippen molar-refractivity contribution in [1.82, 2.24) is 0 Å². The molecule has 0 spiro atoms. The number of carbonyl (C=O) groups excluding carboxylic acids is 2. The first-order valence-corrected chi connectivity index (χ1v) is 7.33. The standard InChI is InChI=1S/C18H17ClO2/c1-13-14(5-2-3-12-20)6-4-7-17(13)18(21)15-8-10-16(19)11-9-15/h4,6-12H,2-3,5H2,1H3. The van der Waals surface area contributed by atoms with Crippen LogP contribution in [-0.2, 0) is 11.2 Å². The van der Waals surface area contributed by atoms with Gasteiger partial charge in [-0.05, 0) is 55.2 Å². The summed E-state index contributed by atoms with van der Waals surface area (Å²) in [6, 6.07) is 12.7. The number of aryl methyl sites for hydroxylation is 1. The Labute approximate surface area is 129 Å². The fourth-order valence-electron chi connectivity index (χ4n) is 2.33. The molecule has 0 bridgehead atoms. The van der Waals surface area contributed by atoms with Crippen LogP contribution in [0.1, 0.15) is 39.9 Å². The molecule has 0 saturated heterocycles. The zero-order valence-electron chi connectivity index (χ0n) is 11.9. The van der Waals surface area contributed by atoms with E-state index in [2.05, 4.69) is 0 Å². The van der Waals surface area contributed by atoms with Crippen molar-refractivity contribution < 1.29 is 9.59 Å². The fourth-order valence-corrected chi connectivity index (χ4v) is 2.46. The van der Waals surface area contributed by atoms with Gasteiger partial charge >= 0.3 is 0 Å². The van der Waals surface area contributed by atoms with E-state index < -0.39 is 0 Å². The molecule has 0 atom stereocenters. The van der Waals surface area contributed by atoms with Crippen molar-refractivity contribution >= 4 is 23.7 Å². The lowest BCUT2D eigenvalue weighted by Gasteiger charge is -2.10. The highest BCUT2D eigenvalue weighted by Crippen LogP contribution is 2.20. The van der Waals surface area contributed by atoms with Gasteiger partial charge < -0.3 is 4.79 Å². The molecule has 2 rings (SSSR count). The maximum atomic E-state index is 12.6. The number of aldehydes is 1. The van der Waals surface area contributed by atoms with E-state index in [1.807, 2.05) is 25.1 Å². The van der Waals surface area contributed by atoms with Crippen LogP contribution in [-0.4, -0.2) is 12.1 Å². The Balaban J connectivity index is 2.27. The molecule has 2 aromatic rings. The summed E-state index contributed by atoms with van der Waals surface area (Å²) in [5, 5.41) is 0.617. The van der Waals surface area contributed by atoms with Crippen molar-refractivity contribution in [3.63, 3.8) is 0 Å². The van der Waals surface area contributed by atoms with Crippen molar-refractivity contribution in [2.24, 2.45) is 0 Å². The first-order chi connectivity index (χ1) is 10.1. The molecular weight excluding hydrogens is 284 g/mol. The van der Waals surface area contributed by atoms with E-state index in [0.29, 0.717) is 22.6 Å². The Morgan fingerprint density at radius 2 is 1.86 bits per heavy atom. The summed E-state index contributed by atoms with van der Waals surface area (Å²) in [7, 11) is 0. The van der Waals surface area contributed by atoms with Crippen molar-refractivity contribution in [2.45, 2.75) is 26.2 Å². The van der Waals surface area contributed by atoms with E-state index in [1.54, 1.807) is 24.3 Å². The lowest BCUT2D eigenvalue weighted by molar-refractivity contribution is -0.107. The second kappa shape index (κ2) is 7.19. The predicted octanol–water partition coefficient (Wildman–Crippen LogP) is 4.40. The van der Waals surface area contributed by atoms with Gasteiger partial charge in [-0.2, -0.15) is 0 Å². The normalized spacial score (nSPS) is 10.4. The summed E-state index contributed by atoms with van der Waals surface area (Å²) in [6.07, 6.45) is 3.10. The second-order valence-corrected chi connectivity index (χ2v) is 5.42. The minimum Gasteiger partial charge on any atom is -0.303 e. The first-order valence-electron chi connectivity index (χ1n) is 6.96. The van der Waals surface area contributed by atoms with Gasteiger partial charge in [0.05, 0.1) is 0 Å². The molecule has 0 fully saturated rings. The van der Waals surface area contributed by atoms with Crippen LogP contribution in [0.3, 0.4) is 0 Å². The van der Waals surface area contributed by atoms with Crippen LogP contribution < -0.4 is 0 Å². The number of ketones is 1. The summed E-state index contributed by atoms with van der Waals surface area (Å²) < 4.78 is 0. The van der Waals surface area contributed by atoms with Crippen LogP contribution >= 0.6 is 11.6 Å². The van der Waals surface area contributed by atoms with Gasteiger partial charge in [0.25, 0.3) is 0 Å². The van der Waals surface area contributed by atoms with Crippen molar-refractivity contribution in [3.8, 4) is 0 Å². The van der Waals surface area contributed by atoms with Gasteiger partial charge in [-0.3, -0.25) is 4.79 Å². The largest absolute Gasteiger partial charge is 0.303 e. The molecule has 0 amide bonds. The summed E-state index contributed by atoms with van der Waals surface area (Å²) in [6.45, 7) is 1.96. The van der Waals surface area contributed by atoms with Crippen LogP contribution in [0.25, 0.3) is 0 Å². The lowest BCUT2D eigenvalue weighted by Crippen LogP contribution is -2.05. The molecule has 2 aromatic carbocycles. The molecule has 0 aliphatic heterocycles. The average molecular weight is 301 g/mol. The predicted molar refractivity (Wildman–Crippen MR) is 85.1 cm³/mol. The lowest BCUT2D eigenvalue weighted by atomic mass is 9.93. The fraction of sp³-hybridized carbons (Fsp3) is 0.222. The molecule has 21 heavy (non-hydrogen) atoms. The molecule has 3 heteroatoms. The summed E-state index contributed by atoms with van der Waals surface area (Å²) >= 11 is 5.85. The van der Waals surface area contributed by atoms with E-state index in [1.165, 1.54) is 0 Å². The summed E-state index contributed by atoms with van der Waals surface area (Å²) in [5.74, 6) is 0.00130. The Kier molecular flexibility index (Phi) is 5.29. The summed E-state index contributed by atoms with van der Waals surface area (Å²) in [4.78, 5) is 23.0. The molecule has 108 valence electrons. The van der Waals surface area contributed by atoms with Crippen molar-refractivity contribution in [1.29, 1.82) is 0 Å². The van der Waals surface area contributed by atoms with Gasteiger partial charge in [-0.15, -0.1) is 0 Å². The maximum Gasteiger partial charge on any atom is 0.193 e. The van der Waals surface area contributed by atoms with E-state index in [4.69, 9.17) is 11.6 Å². The van der Waals surface area contributed by atoms with Gasteiger partial charge in [-0.25, -0.2) is 0 Å². The number of rotatable bonds is 6. The van der Waals surface area contributed by atoms with Crippen LogP contribution in [0.4, 0.5) is 0 Å². The number of unbranched alkanes of at least 4 members (excludes halogenated alkanes) is 1. The molecule has 0 saturated carbocycles. The van der Waals surface area contributed by atoms with Crippen molar-refractivity contribution in [2.75, 3.05) is 0 Å². The molecule has 2 nitrogen and oxygen atoms in total. The number of halogens is 1. The van der Waals surface area contributed by atoms with E-state index >= 15 is 0 Å². The Morgan fingerprint density at radius 3 is 2.52 bits per heavy atom. The Morgan fingerprint density at radius 1 is 1.14 bits per heavy atom. The monoisotopic (exact) mass is 300 g/mol. The molecule has 0 N–H and O–H groups in total. The molecule has 0 unspecified atom stereocenters. The molecule has 0 radical (unpaired) electrons. The minimum absolute atomic E-state index is 0.00130. The summed E-state index contributed by atoms with van der Waals surface area (Å²) in [5.41, 5.74) is 3.45. The van der Waals surface area contributed by atoms with E-state index in [-0.39, 0.29) is 5.78 Å². The third-order valence-electron chi connectivity index (χ3n) is 3.57. The van der Waals surface area contributed by atoms with Crippen LogP contribution in [0.5, 0.6) is 0 Å². The molecular formula is C18H17ClO2. The molecule has 0 aromatic heterocycles.